The van der Waals surface area contributed by atoms with Gasteiger partial charge < -0.3 is 18.9 Å². The molecule has 0 saturated carbocycles. The summed E-state index contributed by atoms with van der Waals surface area (Å²) >= 11 is 6.23. The summed E-state index contributed by atoms with van der Waals surface area (Å²) < 4.78 is 21.2. The van der Waals surface area contributed by atoms with Crippen molar-refractivity contribution in [2.75, 3.05) is 34.0 Å². The molecule has 0 saturated heterocycles. The first-order chi connectivity index (χ1) is 13.1. The highest BCUT2D eigenvalue weighted by Gasteiger charge is 2.11. The van der Waals surface area contributed by atoms with E-state index in [1.165, 1.54) is 13.2 Å². The number of halogens is 1. The molecule has 0 aliphatic heterocycles. The van der Waals surface area contributed by atoms with Gasteiger partial charge in [0, 0.05) is 12.7 Å². The first-order valence-corrected chi connectivity index (χ1v) is 8.91. The van der Waals surface area contributed by atoms with Crippen molar-refractivity contribution < 1.29 is 23.7 Å². The number of ketones is 1. The quantitative estimate of drug-likeness (QED) is 0.335. The summed E-state index contributed by atoms with van der Waals surface area (Å²) in [5, 5.41) is 0.424. The number of allylic oxidation sites excluding steroid dienone is 1. The molecule has 2 aromatic rings. The van der Waals surface area contributed by atoms with Crippen LogP contribution in [-0.2, 0) is 4.74 Å². The molecule has 2 aromatic carbocycles. The molecule has 0 radical (unpaired) electrons. The third-order valence-corrected chi connectivity index (χ3v) is 3.94. The number of carbonyl (C=O) groups excluding carboxylic acids is 1. The first kappa shape index (κ1) is 20.8. The smallest absolute Gasteiger partial charge is 0.185 e. The number of ether oxygens (including phenoxy) is 4. The molecule has 0 aromatic heterocycles. The lowest BCUT2D eigenvalue weighted by Crippen LogP contribution is -2.04. The van der Waals surface area contributed by atoms with Gasteiger partial charge in [-0.1, -0.05) is 17.7 Å². The van der Waals surface area contributed by atoms with Crippen LogP contribution in [0, 0.1) is 0 Å². The third-order valence-electron chi connectivity index (χ3n) is 3.66. The molecule has 0 aliphatic rings. The van der Waals surface area contributed by atoms with Crippen LogP contribution in [-0.4, -0.2) is 39.8 Å². The van der Waals surface area contributed by atoms with E-state index in [2.05, 4.69) is 0 Å². The molecule has 6 heteroatoms. The van der Waals surface area contributed by atoms with E-state index in [0.717, 1.165) is 5.56 Å². The predicted octanol–water partition coefficient (Wildman–Crippen LogP) is 4.67. The Balaban J connectivity index is 2.09. The Bertz CT molecular complexity index is 784. The minimum Gasteiger partial charge on any atom is -0.491 e. The van der Waals surface area contributed by atoms with E-state index < -0.39 is 0 Å². The molecular weight excluding hydrogens is 368 g/mol. The summed E-state index contributed by atoms with van der Waals surface area (Å²) in [6, 6.07) is 10.5. The second-order valence-corrected chi connectivity index (χ2v) is 5.94. The zero-order valence-electron chi connectivity index (χ0n) is 15.7. The van der Waals surface area contributed by atoms with Gasteiger partial charge in [-0.05, 0) is 55.0 Å². The summed E-state index contributed by atoms with van der Waals surface area (Å²) in [4.78, 5) is 12.4. The Kier molecular flexibility index (Phi) is 8.17. The van der Waals surface area contributed by atoms with Gasteiger partial charge >= 0.3 is 0 Å². The highest BCUT2D eigenvalue weighted by atomic mass is 35.5. The number of carbonyl (C=O) groups is 1. The molecule has 0 fully saturated rings. The maximum absolute atomic E-state index is 12.4. The number of benzene rings is 2. The molecule has 5 nitrogen and oxygen atoms in total. The van der Waals surface area contributed by atoms with Gasteiger partial charge in [0.1, 0.15) is 12.4 Å². The van der Waals surface area contributed by atoms with E-state index in [0.29, 0.717) is 47.7 Å². The van der Waals surface area contributed by atoms with E-state index in [9.17, 15) is 4.79 Å². The Morgan fingerprint density at radius 1 is 1.07 bits per heavy atom. The van der Waals surface area contributed by atoms with Crippen molar-refractivity contribution in [2.45, 2.75) is 6.92 Å². The monoisotopic (exact) mass is 390 g/mol. The van der Waals surface area contributed by atoms with Gasteiger partial charge in [0.15, 0.2) is 17.3 Å². The summed E-state index contributed by atoms with van der Waals surface area (Å²) in [6.07, 6.45) is 3.19. The zero-order chi connectivity index (χ0) is 19.6. The molecule has 27 heavy (non-hydrogen) atoms. The van der Waals surface area contributed by atoms with E-state index >= 15 is 0 Å². The van der Waals surface area contributed by atoms with E-state index in [-0.39, 0.29) is 5.78 Å². The standard InChI is InChI=1S/C21H23ClO5/c1-4-26-20-14-15(13-18(22)21(20)25-3)5-10-19(23)16-6-8-17(9-7-16)27-12-11-24-2/h5-10,13-14H,4,11-12H2,1-3H3/b10-5+. The van der Waals surface area contributed by atoms with Gasteiger partial charge in [-0.15, -0.1) is 0 Å². The van der Waals surface area contributed by atoms with Crippen molar-refractivity contribution in [1.29, 1.82) is 0 Å². The van der Waals surface area contributed by atoms with E-state index in [4.69, 9.17) is 30.5 Å². The number of rotatable bonds is 10. The molecule has 0 aliphatic carbocycles. The zero-order valence-corrected chi connectivity index (χ0v) is 16.4. The van der Waals surface area contributed by atoms with Crippen LogP contribution in [0.3, 0.4) is 0 Å². The van der Waals surface area contributed by atoms with Crippen LogP contribution in [0.5, 0.6) is 17.2 Å². The average molecular weight is 391 g/mol. The normalized spacial score (nSPS) is 10.8. The lowest BCUT2D eigenvalue weighted by atomic mass is 10.1. The van der Waals surface area contributed by atoms with Crippen LogP contribution in [0.1, 0.15) is 22.8 Å². The molecule has 0 unspecified atom stereocenters. The minimum absolute atomic E-state index is 0.122. The van der Waals surface area contributed by atoms with Crippen molar-refractivity contribution in [3.8, 4) is 17.2 Å². The molecule has 0 bridgehead atoms. The topological polar surface area (TPSA) is 54.0 Å². The number of hydrogen-bond donors (Lipinski definition) is 0. The van der Waals surface area contributed by atoms with Crippen LogP contribution >= 0.6 is 11.6 Å². The van der Waals surface area contributed by atoms with Crippen LogP contribution in [0.15, 0.2) is 42.5 Å². The van der Waals surface area contributed by atoms with Gasteiger partial charge in [0.05, 0.1) is 25.3 Å². The molecule has 0 atom stereocenters. The maximum Gasteiger partial charge on any atom is 0.185 e. The van der Waals surface area contributed by atoms with Gasteiger partial charge in [-0.2, -0.15) is 0 Å². The Labute approximate surface area is 164 Å². The highest BCUT2D eigenvalue weighted by Crippen LogP contribution is 2.36. The van der Waals surface area contributed by atoms with Crippen LogP contribution in [0.4, 0.5) is 0 Å². The molecular formula is C21H23ClO5. The summed E-state index contributed by atoms with van der Waals surface area (Å²) in [5.74, 6) is 1.59. The SMILES string of the molecule is CCOc1cc(/C=C/C(=O)c2ccc(OCCOC)cc2)cc(Cl)c1OC. The second kappa shape index (κ2) is 10.6. The molecule has 0 heterocycles. The second-order valence-electron chi connectivity index (χ2n) is 5.53. The van der Waals surface area contributed by atoms with Gasteiger partial charge in [-0.3, -0.25) is 4.79 Å². The fourth-order valence-corrected chi connectivity index (χ4v) is 2.67. The summed E-state index contributed by atoms with van der Waals surface area (Å²) in [6.45, 7) is 3.33. The molecule has 0 N–H and O–H groups in total. The van der Waals surface area contributed by atoms with Crippen LogP contribution in [0.2, 0.25) is 5.02 Å². The highest BCUT2D eigenvalue weighted by molar-refractivity contribution is 6.32. The lowest BCUT2D eigenvalue weighted by molar-refractivity contribution is 0.104. The molecule has 2 rings (SSSR count). The fraction of sp³-hybridized carbons (Fsp3) is 0.286. The van der Waals surface area contributed by atoms with Gasteiger partial charge in [0.25, 0.3) is 0 Å². The fourth-order valence-electron chi connectivity index (χ4n) is 2.37. The average Bonchev–Trinajstić information content (AvgIpc) is 2.67. The maximum atomic E-state index is 12.4. The van der Waals surface area contributed by atoms with Crippen LogP contribution < -0.4 is 14.2 Å². The van der Waals surface area contributed by atoms with Gasteiger partial charge in [0.2, 0.25) is 0 Å². The Morgan fingerprint density at radius 2 is 1.81 bits per heavy atom. The largest absolute Gasteiger partial charge is 0.491 e. The minimum atomic E-state index is -0.122. The Hall–Kier alpha value is -2.50. The number of methoxy groups -OCH3 is 2. The van der Waals surface area contributed by atoms with Crippen molar-refractivity contribution in [3.05, 3.63) is 58.6 Å². The van der Waals surface area contributed by atoms with Crippen LogP contribution in [0.25, 0.3) is 6.08 Å². The first-order valence-electron chi connectivity index (χ1n) is 8.53. The third kappa shape index (κ3) is 6.01. The van der Waals surface area contributed by atoms with Crippen molar-refractivity contribution in [1.82, 2.24) is 0 Å². The van der Waals surface area contributed by atoms with Crippen molar-refractivity contribution in [2.24, 2.45) is 0 Å². The van der Waals surface area contributed by atoms with E-state index in [1.807, 2.05) is 6.92 Å². The van der Waals surface area contributed by atoms with E-state index in [1.54, 1.807) is 49.6 Å². The Morgan fingerprint density at radius 3 is 2.44 bits per heavy atom. The number of hydrogen-bond acceptors (Lipinski definition) is 5. The molecule has 0 spiro atoms. The molecule has 144 valence electrons. The van der Waals surface area contributed by atoms with Gasteiger partial charge in [-0.25, -0.2) is 0 Å². The summed E-state index contributed by atoms with van der Waals surface area (Å²) in [7, 11) is 3.15. The lowest BCUT2D eigenvalue weighted by Gasteiger charge is -2.11. The summed E-state index contributed by atoms with van der Waals surface area (Å²) in [5.41, 5.74) is 1.31. The van der Waals surface area contributed by atoms with Crippen molar-refractivity contribution in [3.63, 3.8) is 0 Å². The molecule has 0 amide bonds. The predicted molar refractivity (Wildman–Crippen MR) is 106 cm³/mol. The van der Waals surface area contributed by atoms with Crippen molar-refractivity contribution >= 4 is 23.5 Å².